The summed E-state index contributed by atoms with van der Waals surface area (Å²) in [6.45, 7) is -0.118. The van der Waals surface area contributed by atoms with E-state index >= 15 is 0 Å². The van der Waals surface area contributed by atoms with Gasteiger partial charge in [-0.25, -0.2) is 4.39 Å². The van der Waals surface area contributed by atoms with Crippen LogP contribution in [0.15, 0.2) is 72.3 Å². The van der Waals surface area contributed by atoms with Gasteiger partial charge >= 0.3 is 6.18 Å². The SMILES string of the molecule is N#C/C(=C\c1cc(Cl)ccc1OCc1ccccc1F)C(=O)Nc1cccc(C(F)(F)F)c1. The van der Waals surface area contributed by atoms with Crippen molar-refractivity contribution < 1.29 is 27.1 Å². The maximum Gasteiger partial charge on any atom is 0.416 e. The Bertz CT molecular complexity index is 1250. The summed E-state index contributed by atoms with van der Waals surface area (Å²) in [5, 5.41) is 12.0. The Morgan fingerprint density at radius 3 is 2.55 bits per heavy atom. The topological polar surface area (TPSA) is 62.1 Å². The Morgan fingerprint density at radius 2 is 1.85 bits per heavy atom. The maximum absolute atomic E-state index is 13.9. The van der Waals surface area contributed by atoms with E-state index in [9.17, 15) is 27.6 Å². The standard InChI is InChI=1S/C24H15ClF4N2O2/c25-19-8-9-22(33-14-15-4-1-2-7-21(15)26)16(11-19)10-17(13-30)23(32)31-20-6-3-5-18(12-20)24(27,28)29/h1-12H,14H2,(H,31,32)/b17-10+. The summed E-state index contributed by atoms with van der Waals surface area (Å²) in [5.74, 6) is -1.15. The molecular weight excluding hydrogens is 460 g/mol. The summed E-state index contributed by atoms with van der Waals surface area (Å²) in [6.07, 6.45) is -3.40. The molecule has 3 rings (SSSR count). The lowest BCUT2D eigenvalue weighted by Gasteiger charge is -2.12. The van der Waals surface area contributed by atoms with Crippen molar-refractivity contribution in [3.63, 3.8) is 0 Å². The molecule has 33 heavy (non-hydrogen) atoms. The van der Waals surface area contributed by atoms with Crippen molar-refractivity contribution in [3.05, 3.63) is 99.8 Å². The molecule has 4 nitrogen and oxygen atoms in total. The summed E-state index contributed by atoms with van der Waals surface area (Å²) in [5.41, 5.74) is -0.912. The predicted molar refractivity (Wildman–Crippen MR) is 116 cm³/mol. The summed E-state index contributed by atoms with van der Waals surface area (Å²) < 4.78 is 58.2. The molecule has 0 spiro atoms. The molecule has 3 aromatic carbocycles. The van der Waals surface area contributed by atoms with Crippen LogP contribution >= 0.6 is 11.6 Å². The minimum Gasteiger partial charge on any atom is -0.488 e. The van der Waals surface area contributed by atoms with Gasteiger partial charge in [0.15, 0.2) is 0 Å². The van der Waals surface area contributed by atoms with E-state index in [1.54, 1.807) is 18.2 Å². The number of anilines is 1. The first kappa shape index (κ1) is 23.8. The van der Waals surface area contributed by atoms with Crippen LogP contribution in [0.2, 0.25) is 5.02 Å². The second-order valence-electron chi connectivity index (χ2n) is 6.76. The molecule has 0 radical (unpaired) electrons. The van der Waals surface area contributed by atoms with Crippen LogP contribution in [0.1, 0.15) is 16.7 Å². The average molecular weight is 475 g/mol. The molecule has 0 atom stereocenters. The fourth-order valence-electron chi connectivity index (χ4n) is 2.81. The fraction of sp³-hybridized carbons (Fsp3) is 0.0833. The second kappa shape index (κ2) is 10.2. The van der Waals surface area contributed by atoms with Crippen molar-refractivity contribution in [2.45, 2.75) is 12.8 Å². The lowest BCUT2D eigenvalue weighted by atomic mass is 10.1. The molecule has 1 N–H and O–H groups in total. The van der Waals surface area contributed by atoms with Gasteiger partial charge in [-0.05, 0) is 48.5 Å². The van der Waals surface area contributed by atoms with E-state index in [4.69, 9.17) is 16.3 Å². The number of carbonyl (C=O) groups excluding carboxylic acids is 1. The lowest BCUT2D eigenvalue weighted by Crippen LogP contribution is -2.14. The number of alkyl halides is 3. The van der Waals surface area contributed by atoms with E-state index in [0.29, 0.717) is 5.56 Å². The van der Waals surface area contributed by atoms with Gasteiger partial charge in [0.25, 0.3) is 5.91 Å². The highest BCUT2D eigenvalue weighted by molar-refractivity contribution is 6.30. The summed E-state index contributed by atoms with van der Waals surface area (Å²) in [6, 6.07) is 16.2. The molecule has 168 valence electrons. The molecule has 0 aliphatic carbocycles. The molecule has 0 aliphatic rings. The van der Waals surface area contributed by atoms with Gasteiger partial charge in [0.1, 0.15) is 29.8 Å². The van der Waals surface area contributed by atoms with E-state index in [2.05, 4.69) is 5.32 Å². The van der Waals surface area contributed by atoms with Crippen LogP contribution in [-0.4, -0.2) is 5.91 Å². The number of carbonyl (C=O) groups is 1. The van der Waals surface area contributed by atoms with Gasteiger partial charge in [-0.2, -0.15) is 18.4 Å². The van der Waals surface area contributed by atoms with Gasteiger partial charge in [-0.3, -0.25) is 4.79 Å². The Hall–Kier alpha value is -3.83. The highest BCUT2D eigenvalue weighted by Gasteiger charge is 2.30. The van der Waals surface area contributed by atoms with Crippen molar-refractivity contribution in [2.24, 2.45) is 0 Å². The van der Waals surface area contributed by atoms with Crippen LogP contribution in [0.4, 0.5) is 23.2 Å². The molecule has 0 saturated heterocycles. The van der Waals surface area contributed by atoms with Gasteiger partial charge < -0.3 is 10.1 Å². The first-order chi connectivity index (χ1) is 15.7. The van der Waals surface area contributed by atoms with Crippen molar-refractivity contribution in [1.82, 2.24) is 0 Å². The minimum absolute atomic E-state index is 0.118. The van der Waals surface area contributed by atoms with Crippen LogP contribution < -0.4 is 10.1 Å². The zero-order valence-corrected chi connectivity index (χ0v) is 17.5. The minimum atomic E-state index is -4.58. The first-order valence-corrected chi connectivity index (χ1v) is 9.81. The molecule has 1 amide bonds. The number of nitriles is 1. The third-order valence-corrected chi connectivity index (χ3v) is 4.66. The molecule has 0 aromatic heterocycles. The number of benzene rings is 3. The number of hydrogen-bond acceptors (Lipinski definition) is 3. The Labute approximate surface area is 191 Å². The number of rotatable bonds is 6. The molecule has 0 unspecified atom stereocenters. The van der Waals surface area contributed by atoms with Crippen LogP contribution in [0.3, 0.4) is 0 Å². The number of nitrogens with zero attached hydrogens (tertiary/aromatic N) is 1. The molecule has 0 saturated carbocycles. The van der Waals surface area contributed by atoms with Gasteiger partial charge in [0, 0.05) is 21.8 Å². The van der Waals surface area contributed by atoms with Gasteiger partial charge in [0.2, 0.25) is 0 Å². The van der Waals surface area contributed by atoms with Crippen molar-refractivity contribution in [1.29, 1.82) is 5.26 Å². The molecular formula is C24H15ClF4N2O2. The van der Waals surface area contributed by atoms with Gasteiger partial charge in [-0.1, -0.05) is 35.9 Å². The Kier molecular flexibility index (Phi) is 7.36. The third-order valence-electron chi connectivity index (χ3n) is 4.43. The molecule has 9 heteroatoms. The third kappa shape index (κ3) is 6.34. The molecule has 0 aliphatic heterocycles. The molecule has 3 aromatic rings. The van der Waals surface area contributed by atoms with E-state index in [1.807, 2.05) is 0 Å². The quantitative estimate of drug-likeness (QED) is 0.248. The maximum atomic E-state index is 13.9. The summed E-state index contributed by atoms with van der Waals surface area (Å²) in [7, 11) is 0. The van der Waals surface area contributed by atoms with Crippen LogP contribution in [0.5, 0.6) is 5.75 Å². The molecule has 0 fully saturated rings. The predicted octanol–water partition coefficient (Wildman–Crippen LogP) is 6.62. The van der Waals surface area contributed by atoms with Crippen molar-refractivity contribution in [3.8, 4) is 11.8 Å². The molecule has 0 heterocycles. The van der Waals surface area contributed by atoms with Crippen LogP contribution in [-0.2, 0) is 17.6 Å². The van der Waals surface area contributed by atoms with Crippen LogP contribution in [0.25, 0.3) is 6.08 Å². The van der Waals surface area contributed by atoms with Gasteiger partial charge in [0.05, 0.1) is 5.56 Å². The Balaban J connectivity index is 1.84. The first-order valence-electron chi connectivity index (χ1n) is 9.43. The summed E-state index contributed by atoms with van der Waals surface area (Å²) >= 11 is 6.02. The number of nitrogens with one attached hydrogen (secondary N) is 1. The Morgan fingerprint density at radius 1 is 1.09 bits per heavy atom. The average Bonchev–Trinajstić information content (AvgIpc) is 2.77. The lowest BCUT2D eigenvalue weighted by molar-refractivity contribution is -0.137. The number of hydrogen-bond donors (Lipinski definition) is 1. The zero-order chi connectivity index (χ0) is 24.0. The number of halogens is 5. The van der Waals surface area contributed by atoms with E-state index in [-0.39, 0.29) is 28.6 Å². The smallest absolute Gasteiger partial charge is 0.416 e. The van der Waals surface area contributed by atoms with Crippen molar-refractivity contribution in [2.75, 3.05) is 5.32 Å². The van der Waals surface area contributed by atoms with Crippen molar-refractivity contribution >= 4 is 29.3 Å². The number of amides is 1. The highest BCUT2D eigenvalue weighted by Crippen LogP contribution is 2.31. The van der Waals surface area contributed by atoms with Crippen LogP contribution in [0, 0.1) is 17.1 Å². The number of ether oxygens (including phenoxy) is 1. The fourth-order valence-corrected chi connectivity index (χ4v) is 2.99. The van der Waals surface area contributed by atoms with Gasteiger partial charge in [-0.15, -0.1) is 0 Å². The summed E-state index contributed by atoms with van der Waals surface area (Å²) in [4.78, 5) is 12.5. The highest BCUT2D eigenvalue weighted by atomic mass is 35.5. The normalized spacial score (nSPS) is 11.6. The zero-order valence-electron chi connectivity index (χ0n) is 16.8. The monoisotopic (exact) mass is 474 g/mol. The van der Waals surface area contributed by atoms with E-state index < -0.39 is 29.0 Å². The molecule has 0 bridgehead atoms. The van der Waals surface area contributed by atoms with E-state index in [0.717, 1.165) is 18.2 Å². The second-order valence-corrected chi connectivity index (χ2v) is 7.20. The van der Waals surface area contributed by atoms with E-state index in [1.165, 1.54) is 42.5 Å². The largest absolute Gasteiger partial charge is 0.488 e.